The molecule has 5 nitrogen and oxygen atoms in total. The molecule has 6 heteroatoms. The number of aliphatic imine (C=N–C) groups is 1. The molecule has 10 rings (SSSR count). The summed E-state index contributed by atoms with van der Waals surface area (Å²) in [6.45, 7) is 15.9. The van der Waals surface area contributed by atoms with Crippen molar-refractivity contribution in [1.29, 1.82) is 0 Å². The summed E-state index contributed by atoms with van der Waals surface area (Å²) in [5.74, 6) is 1.60. The second-order valence-corrected chi connectivity index (χ2v) is 17.7. The van der Waals surface area contributed by atoms with Crippen LogP contribution in [-0.4, -0.2) is 25.6 Å². The van der Waals surface area contributed by atoms with Gasteiger partial charge >= 0.3 is 0 Å². The Bertz CT molecular complexity index is 2700. The Kier molecular flexibility index (Phi) is 6.98. The van der Waals surface area contributed by atoms with Gasteiger partial charge < -0.3 is 4.74 Å². The van der Waals surface area contributed by atoms with Gasteiger partial charge in [-0.2, -0.15) is 0 Å². The van der Waals surface area contributed by atoms with Crippen molar-refractivity contribution < 1.29 is 4.74 Å². The number of nitrogens with zero attached hydrogens (tertiary/aromatic N) is 4. The third-order valence-electron chi connectivity index (χ3n) is 11.6. The molecule has 0 fully saturated rings. The number of rotatable bonds is 4. The van der Waals surface area contributed by atoms with E-state index in [0.29, 0.717) is 5.25 Å². The molecular formula is C47H42N4OS. The average Bonchev–Trinajstić information content (AvgIpc) is 3.81. The Labute approximate surface area is 315 Å². The number of para-hydroxylation sites is 1. The summed E-state index contributed by atoms with van der Waals surface area (Å²) in [5, 5.41) is 3.81. The second kappa shape index (κ2) is 11.4. The Balaban J connectivity index is 1.08. The molecular weight excluding hydrogens is 669 g/mol. The van der Waals surface area contributed by atoms with Crippen LogP contribution in [0.4, 0.5) is 0 Å². The van der Waals surface area contributed by atoms with Gasteiger partial charge in [-0.1, -0.05) is 88.8 Å². The lowest BCUT2D eigenvalue weighted by Gasteiger charge is -2.35. The molecule has 262 valence electrons. The number of benzene rings is 4. The van der Waals surface area contributed by atoms with E-state index in [-0.39, 0.29) is 16.9 Å². The minimum absolute atomic E-state index is 0.106. The summed E-state index contributed by atoms with van der Waals surface area (Å²) in [7, 11) is 0. The van der Waals surface area contributed by atoms with Gasteiger partial charge in [-0.05, 0) is 107 Å². The predicted molar refractivity (Wildman–Crippen MR) is 219 cm³/mol. The SMILES string of the molecule is Cc1cnc2c(c1)c1cccc3c1n2-c1cc(Oc2cc(C4=N[C@@H]5Cc6c(cccc6C(C)(C)C)[C@@H]5S4)cc(-c4ccccn4)c2)c(C)cc1C3(C)C. The van der Waals surface area contributed by atoms with Crippen LogP contribution in [0.2, 0.25) is 0 Å². The van der Waals surface area contributed by atoms with E-state index in [1.165, 1.54) is 44.1 Å². The van der Waals surface area contributed by atoms with E-state index in [1.807, 2.05) is 36.3 Å². The van der Waals surface area contributed by atoms with Gasteiger partial charge in [0.25, 0.3) is 0 Å². The van der Waals surface area contributed by atoms with Crippen molar-refractivity contribution in [2.75, 3.05) is 0 Å². The molecule has 53 heavy (non-hydrogen) atoms. The standard InChI is InChI=1S/C47H42N4OS/c1-26-18-34-31-12-10-15-36-42(31)51(44(34)49-25-26)40-24-41(27(2)19-37(40)47(36,6)7)52-30-21-28(38-16-8-9-17-48-38)20-29(22-30)45-50-39-23-33-32(43(39)53-45)13-11-14-35(33)46(3,4)5/h8-22,24-25,39,43H,23H2,1-7H3/t39-,43+/m1/s1. The molecule has 0 radical (unpaired) electrons. The highest BCUT2D eigenvalue weighted by molar-refractivity contribution is 8.15. The first kappa shape index (κ1) is 32.5. The molecule has 7 aromatic rings. The number of thioether (sulfide) groups is 1. The molecule has 0 bridgehead atoms. The van der Waals surface area contributed by atoms with Crippen LogP contribution in [0.3, 0.4) is 0 Å². The summed E-state index contributed by atoms with van der Waals surface area (Å²) < 4.78 is 9.33. The molecule has 0 amide bonds. The third-order valence-corrected chi connectivity index (χ3v) is 13.0. The number of fused-ring (bicyclic) bond motifs is 8. The number of ether oxygens (including phenoxy) is 1. The Hall–Kier alpha value is -5.20. The van der Waals surface area contributed by atoms with Crippen molar-refractivity contribution in [3.63, 3.8) is 0 Å². The van der Waals surface area contributed by atoms with Crippen molar-refractivity contribution in [3.8, 4) is 28.4 Å². The highest BCUT2D eigenvalue weighted by Gasteiger charge is 2.41. The lowest BCUT2D eigenvalue weighted by atomic mass is 9.74. The maximum absolute atomic E-state index is 6.98. The monoisotopic (exact) mass is 710 g/mol. The number of aryl methyl sites for hydroxylation is 2. The summed E-state index contributed by atoms with van der Waals surface area (Å²) in [5.41, 5.74) is 15.4. The van der Waals surface area contributed by atoms with Gasteiger partial charge in [0.1, 0.15) is 17.1 Å². The Morgan fingerprint density at radius 3 is 2.47 bits per heavy atom. The summed E-state index contributed by atoms with van der Waals surface area (Å²) in [6, 6.07) is 33.1. The van der Waals surface area contributed by atoms with E-state index in [0.717, 1.165) is 62.2 Å². The molecule has 2 aliphatic heterocycles. The second-order valence-electron chi connectivity index (χ2n) is 16.6. The maximum atomic E-state index is 6.98. The van der Waals surface area contributed by atoms with Gasteiger partial charge in [0.05, 0.1) is 33.2 Å². The lowest BCUT2D eigenvalue weighted by Crippen LogP contribution is -2.26. The lowest BCUT2D eigenvalue weighted by molar-refractivity contribution is 0.477. The molecule has 0 N–H and O–H groups in total. The third kappa shape index (κ3) is 4.95. The Morgan fingerprint density at radius 2 is 1.66 bits per heavy atom. The van der Waals surface area contributed by atoms with Crippen molar-refractivity contribution in [1.82, 2.24) is 14.5 Å². The number of hydrogen-bond donors (Lipinski definition) is 0. The van der Waals surface area contributed by atoms with Crippen LogP contribution in [-0.2, 0) is 17.3 Å². The molecule has 2 atom stereocenters. The van der Waals surface area contributed by atoms with E-state index >= 15 is 0 Å². The highest BCUT2D eigenvalue weighted by atomic mass is 32.2. The maximum Gasteiger partial charge on any atom is 0.145 e. The van der Waals surface area contributed by atoms with Crippen LogP contribution in [0, 0.1) is 13.8 Å². The molecule has 5 heterocycles. The first-order valence-electron chi connectivity index (χ1n) is 18.6. The quantitative estimate of drug-likeness (QED) is 0.182. The normalized spacial score (nSPS) is 18.2. The summed E-state index contributed by atoms with van der Waals surface area (Å²) in [4.78, 5) is 15.1. The van der Waals surface area contributed by atoms with Crippen LogP contribution >= 0.6 is 11.8 Å². The number of hydrogen-bond acceptors (Lipinski definition) is 5. The van der Waals surface area contributed by atoms with E-state index in [2.05, 4.69) is 132 Å². The molecule has 1 aliphatic carbocycles. The van der Waals surface area contributed by atoms with Crippen LogP contribution in [0.25, 0.3) is 38.9 Å². The smallest absolute Gasteiger partial charge is 0.145 e. The van der Waals surface area contributed by atoms with Crippen LogP contribution in [0.1, 0.15) is 84.4 Å². The van der Waals surface area contributed by atoms with Crippen molar-refractivity contribution in [3.05, 3.63) is 148 Å². The van der Waals surface area contributed by atoms with Gasteiger partial charge in [0.15, 0.2) is 0 Å². The topological polar surface area (TPSA) is 52.3 Å². The van der Waals surface area contributed by atoms with Gasteiger partial charge in [-0.25, -0.2) is 4.98 Å². The molecule has 0 saturated heterocycles. The predicted octanol–water partition coefficient (Wildman–Crippen LogP) is 11.7. The largest absolute Gasteiger partial charge is 0.457 e. The van der Waals surface area contributed by atoms with Gasteiger partial charge in [-0.15, -0.1) is 0 Å². The molecule has 3 aliphatic rings. The highest BCUT2D eigenvalue weighted by Crippen LogP contribution is 2.52. The zero-order valence-corrected chi connectivity index (χ0v) is 32.1. The van der Waals surface area contributed by atoms with Gasteiger partial charge in [0.2, 0.25) is 0 Å². The van der Waals surface area contributed by atoms with Gasteiger partial charge in [-0.3, -0.25) is 14.5 Å². The fourth-order valence-corrected chi connectivity index (χ4v) is 10.4. The molecule has 0 spiro atoms. The van der Waals surface area contributed by atoms with Crippen LogP contribution in [0.15, 0.2) is 108 Å². The van der Waals surface area contributed by atoms with E-state index < -0.39 is 0 Å². The van der Waals surface area contributed by atoms with E-state index in [1.54, 1.807) is 0 Å². The number of aromatic nitrogens is 3. The van der Waals surface area contributed by atoms with Crippen LogP contribution in [0.5, 0.6) is 11.5 Å². The van der Waals surface area contributed by atoms with E-state index in [9.17, 15) is 0 Å². The van der Waals surface area contributed by atoms with Crippen molar-refractivity contribution in [2.45, 2.75) is 77.0 Å². The minimum Gasteiger partial charge on any atom is -0.457 e. The van der Waals surface area contributed by atoms with Gasteiger partial charge in [0, 0.05) is 45.8 Å². The van der Waals surface area contributed by atoms with Crippen LogP contribution < -0.4 is 4.74 Å². The first-order valence-corrected chi connectivity index (χ1v) is 19.5. The fourth-order valence-electron chi connectivity index (χ4n) is 9.02. The fraction of sp³-hybridized carbons (Fsp3) is 0.255. The molecule has 3 aromatic heterocycles. The van der Waals surface area contributed by atoms with Crippen molar-refractivity contribution in [2.24, 2.45) is 4.99 Å². The summed E-state index contributed by atoms with van der Waals surface area (Å²) in [6.07, 6.45) is 4.81. The minimum atomic E-state index is -0.203. The zero-order chi connectivity index (χ0) is 36.4. The summed E-state index contributed by atoms with van der Waals surface area (Å²) >= 11 is 1.89. The molecule has 0 saturated carbocycles. The Morgan fingerprint density at radius 1 is 0.830 bits per heavy atom. The number of pyridine rings is 2. The first-order chi connectivity index (χ1) is 25.5. The average molecular weight is 711 g/mol. The van der Waals surface area contributed by atoms with Crippen molar-refractivity contribution >= 4 is 38.7 Å². The molecule has 0 unspecified atom stereocenters. The zero-order valence-electron chi connectivity index (χ0n) is 31.3. The van der Waals surface area contributed by atoms with E-state index in [4.69, 9.17) is 19.7 Å². The molecule has 4 aromatic carbocycles.